The fourth-order valence-electron chi connectivity index (χ4n) is 3.74. The van der Waals surface area contributed by atoms with Crippen molar-refractivity contribution in [2.24, 2.45) is 5.41 Å². The first kappa shape index (κ1) is 17.6. The molecule has 2 fully saturated rings. The van der Waals surface area contributed by atoms with Crippen LogP contribution in [-0.2, 0) is 9.47 Å². The molecule has 7 heteroatoms. The van der Waals surface area contributed by atoms with Crippen molar-refractivity contribution < 1.29 is 23.0 Å². The molecule has 0 aromatic heterocycles. The molecule has 0 unspecified atom stereocenters. The lowest BCUT2D eigenvalue weighted by Gasteiger charge is -2.57. The maximum Gasteiger partial charge on any atom is 0.254 e. The first-order valence-corrected chi connectivity index (χ1v) is 8.50. The molecule has 0 bridgehead atoms. The van der Waals surface area contributed by atoms with Gasteiger partial charge in [0.2, 0.25) is 0 Å². The lowest BCUT2D eigenvalue weighted by atomic mass is 9.57. The third-order valence-electron chi connectivity index (χ3n) is 5.14. The Kier molecular flexibility index (Phi) is 5.08. The van der Waals surface area contributed by atoms with Crippen LogP contribution >= 0.6 is 11.6 Å². The number of hydrogen-bond acceptors (Lipinski definition) is 3. The summed E-state index contributed by atoms with van der Waals surface area (Å²) in [5.74, 6) is -2.28. The van der Waals surface area contributed by atoms with Crippen LogP contribution in [0.2, 0.25) is 5.02 Å². The monoisotopic (exact) mass is 359 g/mol. The van der Waals surface area contributed by atoms with Gasteiger partial charge in [-0.05, 0) is 38.3 Å². The molecule has 132 valence electrons. The maximum atomic E-state index is 13.9. The quantitative estimate of drug-likeness (QED) is 0.839. The van der Waals surface area contributed by atoms with E-state index in [4.69, 9.17) is 21.1 Å². The Balaban J connectivity index is 1.75. The van der Waals surface area contributed by atoms with Crippen LogP contribution in [0.4, 0.5) is 8.78 Å². The van der Waals surface area contributed by atoms with Crippen LogP contribution < -0.4 is 5.32 Å². The summed E-state index contributed by atoms with van der Waals surface area (Å²) in [5.41, 5.74) is -0.523. The Labute approximate surface area is 144 Å². The largest absolute Gasteiger partial charge is 0.381 e. The fraction of sp³-hybridized carbons (Fsp3) is 0.588. The third kappa shape index (κ3) is 3.03. The maximum absolute atomic E-state index is 13.9. The number of rotatable bonds is 4. The van der Waals surface area contributed by atoms with E-state index in [-0.39, 0.29) is 28.1 Å². The molecular formula is C17H20ClF2NO3. The summed E-state index contributed by atoms with van der Waals surface area (Å²) in [4.78, 5) is 12.4. The molecule has 1 amide bonds. The van der Waals surface area contributed by atoms with Gasteiger partial charge in [-0.3, -0.25) is 4.79 Å². The van der Waals surface area contributed by atoms with Crippen molar-refractivity contribution in [2.45, 2.75) is 38.3 Å². The number of carbonyl (C=O) groups excluding carboxylic acids is 1. The normalized spacial score (nSPS) is 25.3. The summed E-state index contributed by atoms with van der Waals surface area (Å²) < 4.78 is 38.7. The van der Waals surface area contributed by atoms with Gasteiger partial charge >= 0.3 is 0 Å². The predicted octanol–water partition coefficient (Wildman–Crippen LogP) is 3.32. The topological polar surface area (TPSA) is 47.6 Å². The molecule has 1 saturated heterocycles. The molecule has 2 atom stereocenters. The fourth-order valence-corrected chi connectivity index (χ4v) is 3.89. The van der Waals surface area contributed by atoms with E-state index >= 15 is 0 Å². The SMILES string of the molecule is CCO[C@@H]1C[C@@H](NC(=O)c2cc(F)c(Cl)cc2F)C12CCOCC2. The highest BCUT2D eigenvalue weighted by atomic mass is 35.5. The van der Waals surface area contributed by atoms with E-state index < -0.39 is 17.5 Å². The molecule has 1 aromatic carbocycles. The minimum Gasteiger partial charge on any atom is -0.381 e. The molecule has 0 radical (unpaired) electrons. The lowest BCUT2D eigenvalue weighted by molar-refractivity contribution is -0.170. The highest BCUT2D eigenvalue weighted by Gasteiger charge is 2.56. The zero-order valence-electron chi connectivity index (χ0n) is 13.4. The van der Waals surface area contributed by atoms with Gasteiger partial charge in [-0.1, -0.05) is 11.6 Å². The Bertz CT molecular complexity index is 635. The average Bonchev–Trinajstić information content (AvgIpc) is 2.57. The number of ether oxygens (including phenoxy) is 2. The van der Waals surface area contributed by atoms with E-state index in [1.165, 1.54) is 0 Å². The van der Waals surface area contributed by atoms with Gasteiger partial charge in [0.1, 0.15) is 11.6 Å². The van der Waals surface area contributed by atoms with E-state index in [0.717, 1.165) is 25.0 Å². The number of nitrogens with one attached hydrogen (secondary N) is 1. The molecule has 4 nitrogen and oxygen atoms in total. The van der Waals surface area contributed by atoms with Crippen LogP contribution in [-0.4, -0.2) is 37.9 Å². The van der Waals surface area contributed by atoms with E-state index in [1.54, 1.807) is 0 Å². The Morgan fingerprint density at radius 1 is 1.38 bits per heavy atom. The number of hydrogen-bond donors (Lipinski definition) is 1. The zero-order chi connectivity index (χ0) is 17.3. The average molecular weight is 360 g/mol. The van der Waals surface area contributed by atoms with Gasteiger partial charge in [-0.15, -0.1) is 0 Å². The standard InChI is InChI=1S/C17H20ClF2NO3/c1-2-24-15-9-14(17(15)3-5-23-6-4-17)21-16(22)10-7-13(20)11(18)8-12(10)19/h7-8,14-15H,2-6,9H2,1H3,(H,21,22)/t14-,15-/m1/s1. The zero-order valence-corrected chi connectivity index (χ0v) is 14.2. The number of carbonyl (C=O) groups is 1. The Hall–Kier alpha value is -1.24. The molecule has 1 spiro atoms. The number of benzene rings is 1. The van der Waals surface area contributed by atoms with Gasteiger partial charge < -0.3 is 14.8 Å². The van der Waals surface area contributed by atoms with E-state index in [1.807, 2.05) is 6.92 Å². The molecule has 1 aromatic rings. The molecule has 1 heterocycles. The molecule has 24 heavy (non-hydrogen) atoms. The third-order valence-corrected chi connectivity index (χ3v) is 5.43. The molecule has 1 aliphatic heterocycles. The summed E-state index contributed by atoms with van der Waals surface area (Å²) in [7, 11) is 0. The second kappa shape index (κ2) is 6.94. The first-order valence-electron chi connectivity index (χ1n) is 8.12. The highest BCUT2D eigenvalue weighted by molar-refractivity contribution is 6.30. The van der Waals surface area contributed by atoms with E-state index in [2.05, 4.69) is 5.32 Å². The predicted molar refractivity (Wildman–Crippen MR) is 85.1 cm³/mol. The van der Waals surface area contributed by atoms with Gasteiger partial charge in [-0.2, -0.15) is 0 Å². The second-order valence-corrected chi connectivity index (χ2v) is 6.70. The van der Waals surface area contributed by atoms with Gasteiger partial charge in [0.25, 0.3) is 5.91 Å². The summed E-state index contributed by atoms with van der Waals surface area (Å²) in [5, 5.41) is 2.50. The van der Waals surface area contributed by atoms with Crippen LogP contribution in [0.5, 0.6) is 0 Å². The van der Waals surface area contributed by atoms with Crippen molar-refractivity contribution in [1.29, 1.82) is 0 Å². The van der Waals surface area contributed by atoms with Gasteiger partial charge in [0.15, 0.2) is 0 Å². The second-order valence-electron chi connectivity index (χ2n) is 6.30. The van der Waals surface area contributed by atoms with Crippen molar-refractivity contribution in [3.63, 3.8) is 0 Å². The molecule has 1 saturated carbocycles. The first-order chi connectivity index (χ1) is 11.5. The van der Waals surface area contributed by atoms with Crippen molar-refractivity contribution in [2.75, 3.05) is 19.8 Å². The minimum absolute atomic E-state index is 0.0588. The van der Waals surface area contributed by atoms with Crippen molar-refractivity contribution >= 4 is 17.5 Å². The Morgan fingerprint density at radius 3 is 2.75 bits per heavy atom. The number of halogens is 3. The van der Waals surface area contributed by atoms with Crippen molar-refractivity contribution in [3.05, 3.63) is 34.4 Å². The molecule has 3 rings (SSSR count). The molecule has 1 N–H and O–H groups in total. The van der Waals surface area contributed by atoms with Crippen molar-refractivity contribution in [1.82, 2.24) is 5.32 Å². The molecule has 2 aliphatic rings. The van der Waals surface area contributed by atoms with Gasteiger partial charge in [0.05, 0.1) is 16.7 Å². The lowest BCUT2D eigenvalue weighted by Crippen LogP contribution is -2.66. The summed E-state index contributed by atoms with van der Waals surface area (Å²) >= 11 is 5.53. The highest BCUT2D eigenvalue weighted by Crippen LogP contribution is 2.50. The van der Waals surface area contributed by atoms with Crippen LogP contribution in [0.3, 0.4) is 0 Å². The van der Waals surface area contributed by atoms with Crippen LogP contribution in [0.25, 0.3) is 0 Å². The Morgan fingerprint density at radius 2 is 2.08 bits per heavy atom. The minimum atomic E-state index is -0.833. The number of amides is 1. The molecular weight excluding hydrogens is 340 g/mol. The van der Waals surface area contributed by atoms with Gasteiger partial charge in [0, 0.05) is 31.3 Å². The summed E-state index contributed by atoms with van der Waals surface area (Å²) in [6.45, 7) is 3.76. The van der Waals surface area contributed by atoms with Crippen LogP contribution in [0.1, 0.15) is 36.5 Å². The summed E-state index contributed by atoms with van der Waals surface area (Å²) in [6, 6.07) is 1.52. The van der Waals surface area contributed by atoms with Crippen LogP contribution in [0, 0.1) is 17.0 Å². The van der Waals surface area contributed by atoms with Crippen LogP contribution in [0.15, 0.2) is 12.1 Å². The summed E-state index contributed by atoms with van der Waals surface area (Å²) in [6.07, 6.45) is 2.28. The van der Waals surface area contributed by atoms with Crippen molar-refractivity contribution in [3.8, 4) is 0 Å². The molecule has 1 aliphatic carbocycles. The van der Waals surface area contributed by atoms with E-state index in [9.17, 15) is 13.6 Å². The van der Waals surface area contributed by atoms with Gasteiger partial charge in [-0.25, -0.2) is 8.78 Å². The smallest absolute Gasteiger partial charge is 0.254 e. The van der Waals surface area contributed by atoms with E-state index in [0.29, 0.717) is 26.2 Å².